The number of amides is 3. The Balaban J connectivity index is 1.33. The predicted octanol–water partition coefficient (Wildman–Crippen LogP) is 2.84. The molecular weight excluding hydrogens is 496 g/mol. The van der Waals surface area contributed by atoms with Gasteiger partial charge in [-0.3, -0.25) is 4.79 Å². The molecule has 0 spiro atoms. The van der Waals surface area contributed by atoms with E-state index < -0.39 is 24.3 Å². The van der Waals surface area contributed by atoms with E-state index in [9.17, 15) is 24.9 Å². The van der Waals surface area contributed by atoms with Crippen LogP contribution in [0, 0.1) is 0 Å². The normalized spacial score (nSPS) is 17.3. The van der Waals surface area contributed by atoms with Crippen molar-refractivity contribution in [2.75, 3.05) is 11.9 Å². The molecule has 1 aliphatic carbocycles. The average Bonchev–Trinajstić information content (AvgIpc) is 3.18. The van der Waals surface area contributed by atoms with Crippen molar-refractivity contribution in [3.8, 4) is 5.75 Å². The van der Waals surface area contributed by atoms with Gasteiger partial charge in [0.05, 0.1) is 30.4 Å². The van der Waals surface area contributed by atoms with Gasteiger partial charge in [0.1, 0.15) is 5.75 Å². The standard InChI is InChI=1S/C30H36N4O5/c1-30(2,32-17-26(37)21-10-11-24(35)23(14-21)33-29(31)39)16-19-7-5-6-18(12-19)13-27(38)34-28-22-9-4-3-8-20(22)15-25(28)36/h3-12,14,25-26,28,32,35-37H,13,15-17H2,1-2H3,(H,34,38)(H3,31,33,39)/t25-,26+,28+/m1/s1. The fourth-order valence-corrected chi connectivity index (χ4v) is 5.06. The first-order valence-corrected chi connectivity index (χ1v) is 13.0. The number of benzene rings is 3. The van der Waals surface area contributed by atoms with Gasteiger partial charge < -0.3 is 37.0 Å². The molecule has 3 aromatic carbocycles. The summed E-state index contributed by atoms with van der Waals surface area (Å²) in [7, 11) is 0. The maximum Gasteiger partial charge on any atom is 0.316 e. The maximum absolute atomic E-state index is 12.8. The van der Waals surface area contributed by atoms with Gasteiger partial charge in [0.2, 0.25) is 5.91 Å². The highest BCUT2D eigenvalue weighted by molar-refractivity contribution is 5.89. The van der Waals surface area contributed by atoms with Crippen LogP contribution in [-0.4, -0.2) is 45.4 Å². The number of hydrogen-bond acceptors (Lipinski definition) is 6. The van der Waals surface area contributed by atoms with E-state index in [0.29, 0.717) is 18.4 Å². The molecule has 0 saturated heterocycles. The Labute approximate surface area is 228 Å². The van der Waals surface area contributed by atoms with Crippen LogP contribution < -0.4 is 21.7 Å². The lowest BCUT2D eigenvalue weighted by atomic mass is 9.93. The number of aromatic hydroxyl groups is 1. The van der Waals surface area contributed by atoms with Gasteiger partial charge >= 0.3 is 6.03 Å². The zero-order chi connectivity index (χ0) is 28.2. The van der Waals surface area contributed by atoms with E-state index in [-0.39, 0.29) is 35.8 Å². The molecule has 0 aromatic heterocycles. The van der Waals surface area contributed by atoms with Crippen LogP contribution in [0.15, 0.2) is 66.7 Å². The number of β-amino-alcohol motifs (C(OH)–C–C–N with tert-alkyl or cyclic N) is 1. The van der Waals surface area contributed by atoms with Crippen LogP contribution in [0.2, 0.25) is 0 Å². The van der Waals surface area contributed by atoms with E-state index in [2.05, 4.69) is 16.0 Å². The summed E-state index contributed by atoms with van der Waals surface area (Å²) in [6, 6.07) is 18.9. The molecule has 3 aromatic rings. The Morgan fingerprint density at radius 2 is 1.79 bits per heavy atom. The number of carbonyl (C=O) groups excluding carboxylic acids is 2. The lowest BCUT2D eigenvalue weighted by molar-refractivity contribution is -0.121. The Kier molecular flexibility index (Phi) is 8.54. The van der Waals surface area contributed by atoms with Gasteiger partial charge in [-0.2, -0.15) is 0 Å². The zero-order valence-electron chi connectivity index (χ0n) is 22.1. The van der Waals surface area contributed by atoms with Crippen molar-refractivity contribution in [1.29, 1.82) is 0 Å². The number of aliphatic hydroxyl groups is 2. The van der Waals surface area contributed by atoms with Crippen molar-refractivity contribution in [3.05, 3.63) is 94.5 Å². The summed E-state index contributed by atoms with van der Waals surface area (Å²) in [5, 5.41) is 39.7. The van der Waals surface area contributed by atoms with Crippen molar-refractivity contribution in [2.24, 2.45) is 5.73 Å². The third-order valence-corrected chi connectivity index (χ3v) is 6.96. The molecule has 0 radical (unpaired) electrons. The first-order chi connectivity index (χ1) is 18.5. The molecule has 9 heteroatoms. The second kappa shape index (κ2) is 11.9. The molecule has 4 rings (SSSR count). The molecule has 3 atom stereocenters. The second-order valence-electron chi connectivity index (χ2n) is 10.7. The number of primary amides is 1. The van der Waals surface area contributed by atoms with Crippen LogP contribution in [0.5, 0.6) is 5.75 Å². The lowest BCUT2D eigenvalue weighted by Gasteiger charge is -2.28. The summed E-state index contributed by atoms with van der Waals surface area (Å²) >= 11 is 0. The van der Waals surface area contributed by atoms with Gasteiger partial charge in [-0.05, 0) is 60.2 Å². The van der Waals surface area contributed by atoms with Crippen LogP contribution in [0.25, 0.3) is 0 Å². The Morgan fingerprint density at radius 1 is 1.05 bits per heavy atom. The molecule has 206 valence electrons. The summed E-state index contributed by atoms with van der Waals surface area (Å²) in [6.45, 7) is 4.28. The first-order valence-electron chi connectivity index (χ1n) is 13.0. The molecule has 1 aliphatic rings. The van der Waals surface area contributed by atoms with Crippen molar-refractivity contribution in [2.45, 2.75) is 56.9 Å². The minimum Gasteiger partial charge on any atom is -0.506 e. The number of anilines is 1. The van der Waals surface area contributed by atoms with Gasteiger partial charge in [-0.1, -0.05) is 54.6 Å². The number of urea groups is 1. The molecule has 0 fully saturated rings. The number of hydrogen-bond donors (Lipinski definition) is 7. The number of phenolic OH excluding ortho intramolecular Hbond substituents is 1. The molecule has 0 saturated carbocycles. The van der Waals surface area contributed by atoms with E-state index in [1.54, 1.807) is 6.07 Å². The molecule has 9 nitrogen and oxygen atoms in total. The topological polar surface area (TPSA) is 157 Å². The van der Waals surface area contributed by atoms with Gasteiger partial charge in [0, 0.05) is 18.5 Å². The van der Waals surface area contributed by atoms with Crippen molar-refractivity contribution >= 4 is 17.6 Å². The molecular formula is C30H36N4O5. The SMILES string of the molecule is CC(C)(Cc1cccc(CC(=O)N[C@H]2c3ccccc3C[C@H]2O)c1)NC[C@H](O)c1ccc(O)c(NC(N)=O)c1. The van der Waals surface area contributed by atoms with Gasteiger partial charge in [-0.15, -0.1) is 0 Å². The highest BCUT2D eigenvalue weighted by atomic mass is 16.3. The van der Waals surface area contributed by atoms with Crippen LogP contribution in [0.1, 0.15) is 53.8 Å². The van der Waals surface area contributed by atoms with Crippen LogP contribution in [0.4, 0.5) is 10.5 Å². The number of phenols is 1. The van der Waals surface area contributed by atoms with Crippen molar-refractivity contribution in [3.63, 3.8) is 0 Å². The fraction of sp³-hybridized carbons (Fsp3) is 0.333. The molecule has 39 heavy (non-hydrogen) atoms. The largest absolute Gasteiger partial charge is 0.506 e. The summed E-state index contributed by atoms with van der Waals surface area (Å²) in [5.41, 5.74) is 9.34. The number of nitrogens with two attached hydrogens (primary N) is 1. The third-order valence-electron chi connectivity index (χ3n) is 6.96. The zero-order valence-corrected chi connectivity index (χ0v) is 22.1. The molecule has 0 aliphatic heterocycles. The molecule has 0 bridgehead atoms. The molecule has 0 unspecified atom stereocenters. The van der Waals surface area contributed by atoms with Crippen molar-refractivity contribution < 1.29 is 24.9 Å². The summed E-state index contributed by atoms with van der Waals surface area (Å²) in [5.74, 6) is -0.289. The highest BCUT2D eigenvalue weighted by Gasteiger charge is 2.31. The number of rotatable bonds is 10. The van der Waals surface area contributed by atoms with Gasteiger partial charge in [-0.25, -0.2) is 4.79 Å². The second-order valence-corrected chi connectivity index (χ2v) is 10.7. The van der Waals surface area contributed by atoms with E-state index in [4.69, 9.17) is 5.73 Å². The van der Waals surface area contributed by atoms with Crippen LogP contribution in [0.3, 0.4) is 0 Å². The average molecular weight is 533 g/mol. The van der Waals surface area contributed by atoms with Gasteiger partial charge in [0.15, 0.2) is 0 Å². The van der Waals surface area contributed by atoms with E-state index in [0.717, 1.165) is 22.3 Å². The summed E-state index contributed by atoms with van der Waals surface area (Å²) in [4.78, 5) is 24.0. The Hall–Kier alpha value is -3.92. The monoisotopic (exact) mass is 532 g/mol. The number of nitrogens with one attached hydrogen (secondary N) is 3. The van der Waals surface area contributed by atoms with E-state index in [1.165, 1.54) is 12.1 Å². The van der Waals surface area contributed by atoms with E-state index in [1.807, 2.05) is 62.4 Å². The van der Waals surface area contributed by atoms with Crippen LogP contribution in [-0.2, 0) is 24.1 Å². The number of fused-ring (bicyclic) bond motifs is 1. The first kappa shape index (κ1) is 28.1. The third kappa shape index (κ3) is 7.35. The smallest absolute Gasteiger partial charge is 0.316 e. The van der Waals surface area contributed by atoms with Gasteiger partial charge in [0.25, 0.3) is 0 Å². The quantitative estimate of drug-likeness (QED) is 0.199. The summed E-state index contributed by atoms with van der Waals surface area (Å²) in [6.07, 6.45) is -0.134. The maximum atomic E-state index is 12.8. The Bertz CT molecular complexity index is 1340. The summed E-state index contributed by atoms with van der Waals surface area (Å²) < 4.78 is 0. The minimum absolute atomic E-state index is 0.130. The Morgan fingerprint density at radius 3 is 2.56 bits per heavy atom. The minimum atomic E-state index is -0.885. The highest BCUT2D eigenvalue weighted by Crippen LogP contribution is 2.31. The van der Waals surface area contributed by atoms with E-state index >= 15 is 0 Å². The number of carbonyl (C=O) groups is 2. The predicted molar refractivity (Wildman–Crippen MR) is 149 cm³/mol. The lowest BCUT2D eigenvalue weighted by Crippen LogP contribution is -2.43. The molecule has 0 heterocycles. The number of aliphatic hydroxyl groups excluding tert-OH is 2. The van der Waals surface area contributed by atoms with Crippen molar-refractivity contribution in [1.82, 2.24) is 10.6 Å². The van der Waals surface area contributed by atoms with Crippen LogP contribution >= 0.6 is 0 Å². The molecule has 8 N–H and O–H groups in total. The fourth-order valence-electron chi connectivity index (χ4n) is 5.06. The molecule has 3 amide bonds.